The Morgan fingerprint density at radius 2 is 2.09 bits per heavy atom. The first kappa shape index (κ1) is 7.17. The standard InChI is InChI=1S/C9H16N2/c1-3-11-5-4-9(8-11)6-10(2)7-9/h3H,1,4-8H2,2H3. The summed E-state index contributed by atoms with van der Waals surface area (Å²) in [6.45, 7) is 8.83. The van der Waals surface area contributed by atoms with Crippen molar-refractivity contribution in [2.75, 3.05) is 33.2 Å². The van der Waals surface area contributed by atoms with Gasteiger partial charge in [-0.05, 0) is 19.7 Å². The van der Waals surface area contributed by atoms with E-state index in [9.17, 15) is 0 Å². The zero-order chi connectivity index (χ0) is 7.90. The average Bonchev–Trinajstić information content (AvgIpc) is 2.31. The molecule has 0 aromatic heterocycles. The predicted octanol–water partition coefficient (Wildman–Crippen LogP) is 0.767. The normalized spacial score (nSPS) is 29.0. The molecule has 2 rings (SSSR count). The SMILES string of the molecule is C=CN1CCC2(CN(C)C2)C1. The van der Waals surface area contributed by atoms with Gasteiger partial charge in [-0.25, -0.2) is 0 Å². The molecule has 1 spiro atoms. The van der Waals surface area contributed by atoms with Gasteiger partial charge in [0.1, 0.15) is 0 Å². The summed E-state index contributed by atoms with van der Waals surface area (Å²) < 4.78 is 0. The number of nitrogens with zero attached hydrogens (tertiary/aromatic N) is 2. The number of hydrogen-bond donors (Lipinski definition) is 0. The fourth-order valence-corrected chi connectivity index (χ4v) is 2.48. The maximum absolute atomic E-state index is 3.80. The molecule has 2 aliphatic rings. The summed E-state index contributed by atoms with van der Waals surface area (Å²) in [6, 6.07) is 0. The molecule has 0 bridgehead atoms. The largest absolute Gasteiger partial charge is 0.377 e. The van der Waals surface area contributed by atoms with Crippen LogP contribution in [0.1, 0.15) is 6.42 Å². The highest BCUT2D eigenvalue weighted by Gasteiger charge is 2.45. The van der Waals surface area contributed by atoms with E-state index >= 15 is 0 Å². The molecule has 2 heteroatoms. The van der Waals surface area contributed by atoms with E-state index in [4.69, 9.17) is 0 Å². The molecule has 0 aliphatic carbocycles. The molecule has 0 amide bonds. The molecular weight excluding hydrogens is 136 g/mol. The van der Waals surface area contributed by atoms with E-state index in [1.54, 1.807) is 0 Å². The van der Waals surface area contributed by atoms with Crippen molar-refractivity contribution in [2.45, 2.75) is 6.42 Å². The molecule has 0 saturated carbocycles. The third-order valence-corrected chi connectivity index (χ3v) is 2.94. The van der Waals surface area contributed by atoms with Gasteiger partial charge in [-0.2, -0.15) is 0 Å². The molecule has 0 N–H and O–H groups in total. The minimum Gasteiger partial charge on any atom is -0.377 e. The minimum atomic E-state index is 0.642. The molecular formula is C9H16N2. The molecule has 2 aliphatic heterocycles. The number of rotatable bonds is 1. The van der Waals surface area contributed by atoms with E-state index < -0.39 is 0 Å². The van der Waals surface area contributed by atoms with E-state index in [0.29, 0.717) is 5.41 Å². The van der Waals surface area contributed by atoms with Crippen LogP contribution >= 0.6 is 0 Å². The van der Waals surface area contributed by atoms with Crippen molar-refractivity contribution in [3.8, 4) is 0 Å². The van der Waals surface area contributed by atoms with E-state index in [2.05, 4.69) is 23.4 Å². The van der Waals surface area contributed by atoms with Crippen molar-refractivity contribution in [2.24, 2.45) is 5.41 Å². The van der Waals surface area contributed by atoms with Crippen LogP contribution in [0.25, 0.3) is 0 Å². The lowest BCUT2D eigenvalue weighted by atomic mass is 9.80. The Morgan fingerprint density at radius 3 is 2.55 bits per heavy atom. The highest BCUT2D eigenvalue weighted by molar-refractivity contribution is 5.01. The maximum atomic E-state index is 3.80. The molecule has 62 valence electrons. The molecule has 0 radical (unpaired) electrons. The average molecular weight is 152 g/mol. The van der Waals surface area contributed by atoms with Gasteiger partial charge < -0.3 is 9.80 Å². The summed E-state index contributed by atoms with van der Waals surface area (Å²) in [4.78, 5) is 4.74. The molecule has 0 unspecified atom stereocenters. The van der Waals surface area contributed by atoms with Gasteiger partial charge in [-0.3, -0.25) is 0 Å². The summed E-state index contributed by atoms with van der Waals surface area (Å²) in [5, 5.41) is 0. The van der Waals surface area contributed by atoms with Gasteiger partial charge in [0.2, 0.25) is 0 Å². The van der Waals surface area contributed by atoms with Crippen molar-refractivity contribution in [1.29, 1.82) is 0 Å². The van der Waals surface area contributed by atoms with E-state index in [1.807, 2.05) is 6.20 Å². The molecule has 2 heterocycles. The van der Waals surface area contributed by atoms with Crippen LogP contribution in [-0.4, -0.2) is 43.0 Å². The van der Waals surface area contributed by atoms with Crippen molar-refractivity contribution >= 4 is 0 Å². The van der Waals surface area contributed by atoms with Gasteiger partial charge in [0.15, 0.2) is 0 Å². The smallest absolute Gasteiger partial charge is 0.0254 e. The fraction of sp³-hybridized carbons (Fsp3) is 0.778. The Bertz CT molecular complexity index is 170. The molecule has 2 nitrogen and oxygen atoms in total. The monoisotopic (exact) mass is 152 g/mol. The van der Waals surface area contributed by atoms with Crippen LogP contribution in [0.5, 0.6) is 0 Å². The highest BCUT2D eigenvalue weighted by atomic mass is 15.2. The van der Waals surface area contributed by atoms with Crippen molar-refractivity contribution in [3.63, 3.8) is 0 Å². The molecule has 2 saturated heterocycles. The molecule has 0 aromatic rings. The zero-order valence-corrected chi connectivity index (χ0v) is 7.21. The second-order valence-corrected chi connectivity index (χ2v) is 4.08. The molecule has 11 heavy (non-hydrogen) atoms. The van der Waals surface area contributed by atoms with Gasteiger partial charge >= 0.3 is 0 Å². The summed E-state index contributed by atoms with van der Waals surface area (Å²) >= 11 is 0. The van der Waals surface area contributed by atoms with Gasteiger partial charge in [0.25, 0.3) is 0 Å². The van der Waals surface area contributed by atoms with Crippen molar-refractivity contribution in [3.05, 3.63) is 12.8 Å². The zero-order valence-electron chi connectivity index (χ0n) is 7.21. The maximum Gasteiger partial charge on any atom is 0.0254 e. The van der Waals surface area contributed by atoms with Crippen molar-refractivity contribution < 1.29 is 0 Å². The van der Waals surface area contributed by atoms with Gasteiger partial charge in [0, 0.05) is 31.6 Å². The Kier molecular flexibility index (Phi) is 1.46. The van der Waals surface area contributed by atoms with E-state index in [0.717, 1.165) is 0 Å². The predicted molar refractivity (Wildman–Crippen MR) is 46.3 cm³/mol. The Labute approximate surface area is 68.5 Å². The van der Waals surface area contributed by atoms with Gasteiger partial charge in [0.05, 0.1) is 0 Å². The lowest BCUT2D eigenvalue weighted by Crippen LogP contribution is -2.55. The topological polar surface area (TPSA) is 6.48 Å². The summed E-state index contributed by atoms with van der Waals surface area (Å²) in [6.07, 6.45) is 3.34. The van der Waals surface area contributed by atoms with Crippen LogP contribution in [0.3, 0.4) is 0 Å². The molecule has 0 aromatic carbocycles. The highest BCUT2D eigenvalue weighted by Crippen LogP contribution is 2.38. The number of hydrogen-bond acceptors (Lipinski definition) is 2. The Balaban J connectivity index is 1.94. The number of likely N-dealkylation sites (tertiary alicyclic amines) is 2. The summed E-state index contributed by atoms with van der Waals surface area (Å²) in [5.74, 6) is 0. The summed E-state index contributed by atoms with van der Waals surface area (Å²) in [5.41, 5.74) is 0.642. The lowest BCUT2D eigenvalue weighted by molar-refractivity contribution is 0.0344. The minimum absolute atomic E-state index is 0.642. The third kappa shape index (κ3) is 1.06. The second kappa shape index (κ2) is 2.24. The third-order valence-electron chi connectivity index (χ3n) is 2.94. The fourth-order valence-electron chi connectivity index (χ4n) is 2.48. The van der Waals surface area contributed by atoms with Crippen LogP contribution in [-0.2, 0) is 0 Å². The van der Waals surface area contributed by atoms with Crippen LogP contribution < -0.4 is 0 Å². The molecule has 2 fully saturated rings. The Morgan fingerprint density at radius 1 is 1.36 bits per heavy atom. The first-order chi connectivity index (χ1) is 5.24. The second-order valence-electron chi connectivity index (χ2n) is 4.08. The molecule has 0 atom stereocenters. The first-order valence-corrected chi connectivity index (χ1v) is 4.29. The van der Waals surface area contributed by atoms with Crippen LogP contribution in [0, 0.1) is 5.41 Å². The van der Waals surface area contributed by atoms with Crippen LogP contribution in [0.15, 0.2) is 12.8 Å². The Hall–Kier alpha value is -0.500. The van der Waals surface area contributed by atoms with Crippen molar-refractivity contribution in [1.82, 2.24) is 9.80 Å². The quantitative estimate of drug-likeness (QED) is 0.547. The van der Waals surface area contributed by atoms with Crippen LogP contribution in [0.2, 0.25) is 0 Å². The van der Waals surface area contributed by atoms with Gasteiger partial charge in [-0.15, -0.1) is 0 Å². The van der Waals surface area contributed by atoms with Crippen LogP contribution in [0.4, 0.5) is 0 Å². The van der Waals surface area contributed by atoms with E-state index in [-0.39, 0.29) is 0 Å². The lowest BCUT2D eigenvalue weighted by Gasteiger charge is -2.46. The summed E-state index contributed by atoms with van der Waals surface area (Å²) in [7, 11) is 2.20. The first-order valence-electron chi connectivity index (χ1n) is 4.29. The van der Waals surface area contributed by atoms with E-state index in [1.165, 1.54) is 32.6 Å². The van der Waals surface area contributed by atoms with Gasteiger partial charge in [-0.1, -0.05) is 6.58 Å².